The van der Waals surface area contributed by atoms with Crippen LogP contribution in [0.15, 0.2) is 28.7 Å². The number of amides is 1. The number of rotatable bonds is 3. The van der Waals surface area contributed by atoms with Gasteiger partial charge in [0, 0.05) is 22.6 Å². The molecule has 0 radical (unpaired) electrons. The number of thiophene rings is 2. The van der Waals surface area contributed by atoms with Crippen LogP contribution < -0.4 is 0 Å². The Hall–Kier alpha value is -1.46. The van der Waals surface area contributed by atoms with Gasteiger partial charge in [-0.2, -0.15) is 5.10 Å². The van der Waals surface area contributed by atoms with Gasteiger partial charge in [0.2, 0.25) is 5.91 Å². The lowest BCUT2D eigenvalue weighted by molar-refractivity contribution is -0.132. The summed E-state index contributed by atoms with van der Waals surface area (Å²) in [4.78, 5) is 15.9. The van der Waals surface area contributed by atoms with E-state index in [1.54, 1.807) is 27.7 Å². The molecule has 1 atom stereocenters. The standard InChI is InChI=1S/C16H18N2OS2/c1-4-16(19)18-13(14-6-5-11(3)21-14)8-12(17-18)15-7-10(2)9-20-15/h5-7,9,13H,4,8H2,1-3H3. The second-order valence-corrected chi connectivity index (χ2v) is 7.53. The number of carbonyl (C=O) groups excluding carboxylic acids is 1. The van der Waals surface area contributed by atoms with E-state index >= 15 is 0 Å². The zero-order valence-electron chi connectivity index (χ0n) is 12.4. The van der Waals surface area contributed by atoms with Crippen molar-refractivity contribution in [2.75, 3.05) is 0 Å². The molecule has 0 fully saturated rings. The van der Waals surface area contributed by atoms with Gasteiger partial charge in [-0.3, -0.25) is 4.79 Å². The molecule has 2 aromatic heterocycles. The molecule has 1 amide bonds. The van der Waals surface area contributed by atoms with Gasteiger partial charge in [0.1, 0.15) is 0 Å². The molecular formula is C16H18N2OS2. The molecule has 3 nitrogen and oxygen atoms in total. The maximum Gasteiger partial charge on any atom is 0.243 e. The molecule has 2 aromatic rings. The third-order valence-corrected chi connectivity index (χ3v) is 5.77. The summed E-state index contributed by atoms with van der Waals surface area (Å²) in [6, 6.07) is 6.45. The van der Waals surface area contributed by atoms with Crippen LogP contribution in [-0.4, -0.2) is 16.6 Å². The molecule has 5 heteroatoms. The Labute approximate surface area is 132 Å². The van der Waals surface area contributed by atoms with Crippen molar-refractivity contribution in [1.82, 2.24) is 5.01 Å². The average molecular weight is 318 g/mol. The highest BCUT2D eigenvalue weighted by Gasteiger charge is 2.33. The van der Waals surface area contributed by atoms with Crippen LogP contribution in [0, 0.1) is 13.8 Å². The zero-order chi connectivity index (χ0) is 15.0. The first-order valence-corrected chi connectivity index (χ1v) is 8.79. The highest BCUT2D eigenvalue weighted by Crippen LogP contribution is 2.37. The third-order valence-electron chi connectivity index (χ3n) is 3.57. The van der Waals surface area contributed by atoms with E-state index in [4.69, 9.17) is 0 Å². The summed E-state index contributed by atoms with van der Waals surface area (Å²) in [5.74, 6) is 0.0920. The molecule has 3 heterocycles. The predicted molar refractivity (Wildman–Crippen MR) is 89.1 cm³/mol. The molecule has 0 spiro atoms. The maximum atomic E-state index is 12.2. The van der Waals surface area contributed by atoms with Crippen LogP contribution in [0.3, 0.4) is 0 Å². The first-order valence-electron chi connectivity index (χ1n) is 7.10. The number of aryl methyl sites for hydroxylation is 2. The van der Waals surface area contributed by atoms with E-state index in [0.29, 0.717) is 6.42 Å². The van der Waals surface area contributed by atoms with Crippen LogP contribution in [0.4, 0.5) is 0 Å². The number of hydrazone groups is 1. The van der Waals surface area contributed by atoms with Gasteiger partial charge in [0.25, 0.3) is 0 Å². The lowest BCUT2D eigenvalue weighted by atomic mass is 10.1. The number of nitrogens with zero attached hydrogens (tertiary/aromatic N) is 2. The van der Waals surface area contributed by atoms with E-state index in [1.807, 2.05) is 6.92 Å². The summed E-state index contributed by atoms with van der Waals surface area (Å²) in [6.45, 7) is 6.08. The molecular weight excluding hydrogens is 300 g/mol. The molecule has 0 saturated carbocycles. The first kappa shape index (κ1) is 14.5. The van der Waals surface area contributed by atoms with Crippen LogP contribution in [-0.2, 0) is 4.79 Å². The van der Waals surface area contributed by atoms with E-state index in [-0.39, 0.29) is 11.9 Å². The van der Waals surface area contributed by atoms with Gasteiger partial charge < -0.3 is 0 Å². The predicted octanol–water partition coefficient (Wildman–Crippen LogP) is 4.51. The Bertz CT molecular complexity index is 699. The quantitative estimate of drug-likeness (QED) is 0.819. The summed E-state index contributed by atoms with van der Waals surface area (Å²) in [5.41, 5.74) is 2.28. The molecule has 1 aliphatic rings. The summed E-state index contributed by atoms with van der Waals surface area (Å²) >= 11 is 3.46. The van der Waals surface area contributed by atoms with Crippen molar-refractivity contribution in [3.8, 4) is 0 Å². The fourth-order valence-electron chi connectivity index (χ4n) is 2.49. The molecule has 110 valence electrons. The lowest BCUT2D eigenvalue weighted by Crippen LogP contribution is -2.25. The minimum atomic E-state index is 0.0635. The Balaban J connectivity index is 1.93. The van der Waals surface area contributed by atoms with E-state index in [2.05, 4.69) is 42.5 Å². The summed E-state index contributed by atoms with van der Waals surface area (Å²) in [7, 11) is 0. The second-order valence-electron chi connectivity index (χ2n) is 5.30. The van der Waals surface area contributed by atoms with E-state index in [0.717, 1.165) is 12.1 Å². The Morgan fingerprint density at radius 2 is 2.24 bits per heavy atom. The fraction of sp³-hybridized carbons (Fsp3) is 0.375. The molecule has 0 aromatic carbocycles. The molecule has 0 bridgehead atoms. The highest BCUT2D eigenvalue weighted by atomic mass is 32.1. The van der Waals surface area contributed by atoms with Gasteiger partial charge in [-0.15, -0.1) is 22.7 Å². The minimum Gasteiger partial charge on any atom is -0.273 e. The van der Waals surface area contributed by atoms with Crippen molar-refractivity contribution in [1.29, 1.82) is 0 Å². The minimum absolute atomic E-state index is 0.0635. The highest BCUT2D eigenvalue weighted by molar-refractivity contribution is 7.12. The topological polar surface area (TPSA) is 32.7 Å². The Morgan fingerprint density at radius 1 is 1.43 bits per heavy atom. The number of hydrogen-bond donors (Lipinski definition) is 0. The van der Waals surface area contributed by atoms with Gasteiger partial charge in [-0.05, 0) is 43.0 Å². The molecule has 21 heavy (non-hydrogen) atoms. The molecule has 0 saturated heterocycles. The van der Waals surface area contributed by atoms with Gasteiger partial charge >= 0.3 is 0 Å². The van der Waals surface area contributed by atoms with Crippen molar-refractivity contribution >= 4 is 34.3 Å². The number of carbonyl (C=O) groups is 1. The fourth-order valence-corrected chi connectivity index (χ4v) is 4.35. The van der Waals surface area contributed by atoms with Gasteiger partial charge in [-0.1, -0.05) is 6.92 Å². The van der Waals surface area contributed by atoms with Crippen molar-refractivity contribution < 1.29 is 4.79 Å². The number of hydrogen-bond acceptors (Lipinski definition) is 4. The van der Waals surface area contributed by atoms with E-state index < -0.39 is 0 Å². The summed E-state index contributed by atoms with van der Waals surface area (Å²) < 4.78 is 0. The maximum absolute atomic E-state index is 12.2. The Morgan fingerprint density at radius 3 is 2.81 bits per heavy atom. The van der Waals surface area contributed by atoms with Gasteiger partial charge in [0.15, 0.2) is 0 Å². The van der Waals surface area contributed by atoms with Crippen LogP contribution in [0.2, 0.25) is 0 Å². The molecule has 0 N–H and O–H groups in total. The van der Waals surface area contributed by atoms with Crippen LogP contribution in [0.1, 0.15) is 46.0 Å². The van der Waals surface area contributed by atoms with Crippen LogP contribution >= 0.6 is 22.7 Å². The second kappa shape index (κ2) is 5.73. The first-order chi connectivity index (χ1) is 10.1. The molecule has 1 unspecified atom stereocenters. The van der Waals surface area contributed by atoms with Crippen molar-refractivity contribution in [2.45, 2.75) is 39.7 Å². The summed E-state index contributed by atoms with van der Waals surface area (Å²) in [5, 5.41) is 8.45. The average Bonchev–Trinajstić information content (AvgIpc) is 3.16. The Kier molecular flexibility index (Phi) is 3.95. The van der Waals surface area contributed by atoms with Crippen LogP contribution in [0.5, 0.6) is 0 Å². The zero-order valence-corrected chi connectivity index (χ0v) is 14.1. The van der Waals surface area contributed by atoms with Crippen molar-refractivity contribution in [2.24, 2.45) is 5.10 Å². The molecule has 1 aliphatic heterocycles. The summed E-state index contributed by atoms with van der Waals surface area (Å²) in [6.07, 6.45) is 1.30. The lowest BCUT2D eigenvalue weighted by Gasteiger charge is -2.19. The monoisotopic (exact) mass is 318 g/mol. The molecule has 0 aliphatic carbocycles. The van der Waals surface area contributed by atoms with Crippen molar-refractivity contribution in [3.05, 3.63) is 43.8 Å². The van der Waals surface area contributed by atoms with Gasteiger partial charge in [-0.25, -0.2) is 5.01 Å². The largest absolute Gasteiger partial charge is 0.273 e. The van der Waals surface area contributed by atoms with Gasteiger partial charge in [0.05, 0.1) is 16.6 Å². The smallest absolute Gasteiger partial charge is 0.243 e. The van der Waals surface area contributed by atoms with Crippen LogP contribution in [0.25, 0.3) is 0 Å². The third kappa shape index (κ3) is 2.80. The normalized spacial score (nSPS) is 18.1. The van der Waals surface area contributed by atoms with E-state index in [1.165, 1.54) is 20.2 Å². The molecule has 3 rings (SSSR count). The van der Waals surface area contributed by atoms with Crippen molar-refractivity contribution in [3.63, 3.8) is 0 Å². The van der Waals surface area contributed by atoms with E-state index in [9.17, 15) is 4.79 Å². The SMILES string of the molecule is CCC(=O)N1N=C(c2cc(C)cs2)CC1c1ccc(C)s1.